The summed E-state index contributed by atoms with van der Waals surface area (Å²) in [6.07, 6.45) is 0. The molecule has 0 aliphatic carbocycles. The molecule has 0 saturated carbocycles. The number of aromatic nitrogens is 5. The van der Waals surface area contributed by atoms with Crippen LogP contribution in [0.1, 0.15) is 38.8 Å². The van der Waals surface area contributed by atoms with E-state index in [1.54, 1.807) is 25.6 Å². The Bertz CT molecular complexity index is 1360. The maximum Gasteiger partial charge on any atom is 0.364 e. The third-order valence-electron chi connectivity index (χ3n) is 5.16. The van der Waals surface area contributed by atoms with Crippen molar-refractivity contribution in [1.29, 1.82) is 0 Å². The van der Waals surface area contributed by atoms with Crippen LogP contribution < -0.4 is 10.1 Å². The molecule has 0 unspecified atom stereocenters. The van der Waals surface area contributed by atoms with Crippen LogP contribution >= 0.6 is 11.6 Å². The molecule has 0 atom stereocenters. The Labute approximate surface area is 193 Å². The van der Waals surface area contributed by atoms with E-state index in [4.69, 9.17) is 16.3 Å². The molecule has 3 aromatic heterocycles. The van der Waals surface area contributed by atoms with Crippen molar-refractivity contribution in [2.75, 3.05) is 12.4 Å². The molecule has 4 aromatic rings. The number of hydrogen-bond acceptors (Lipinski definition) is 5. The molecule has 1 aromatic carbocycles. The first kappa shape index (κ1) is 22.7. The summed E-state index contributed by atoms with van der Waals surface area (Å²) in [5, 5.41) is 7.64. The lowest BCUT2D eigenvalue weighted by molar-refractivity contribution is 0.0868. The number of amides is 1. The highest BCUT2D eigenvalue weighted by molar-refractivity contribution is 6.21. The van der Waals surface area contributed by atoms with Gasteiger partial charge in [-0.05, 0) is 56.1 Å². The molecule has 0 aliphatic rings. The average Bonchev–Trinajstić information content (AvgIpc) is 3.29. The van der Waals surface area contributed by atoms with Crippen LogP contribution in [0.25, 0.3) is 5.65 Å². The summed E-state index contributed by atoms with van der Waals surface area (Å²) in [6.45, 7) is 5.63. The quantitative estimate of drug-likeness (QED) is 0.417. The zero-order valence-corrected chi connectivity index (χ0v) is 19.1. The van der Waals surface area contributed by atoms with Gasteiger partial charge < -0.3 is 10.1 Å². The van der Waals surface area contributed by atoms with Gasteiger partial charge in [0.15, 0.2) is 11.3 Å². The van der Waals surface area contributed by atoms with Crippen molar-refractivity contribution in [1.82, 2.24) is 24.4 Å². The van der Waals surface area contributed by atoms with Gasteiger partial charge in [-0.3, -0.25) is 9.48 Å². The number of aryl methyl sites for hydroxylation is 2. The first-order chi connectivity index (χ1) is 15.6. The number of nitrogens with zero attached hydrogens (tertiary/aromatic N) is 5. The van der Waals surface area contributed by atoms with Crippen LogP contribution in [-0.2, 0) is 11.9 Å². The average molecular weight is 475 g/mol. The van der Waals surface area contributed by atoms with Gasteiger partial charge in [-0.25, -0.2) is 9.50 Å². The molecule has 0 aliphatic heterocycles. The van der Waals surface area contributed by atoms with Gasteiger partial charge in [0.2, 0.25) is 0 Å². The lowest BCUT2D eigenvalue weighted by Gasteiger charge is -2.10. The van der Waals surface area contributed by atoms with E-state index in [9.17, 15) is 13.6 Å². The van der Waals surface area contributed by atoms with E-state index in [1.807, 2.05) is 31.2 Å². The highest BCUT2D eigenvalue weighted by atomic mass is 35.5. The fourth-order valence-electron chi connectivity index (χ4n) is 3.57. The summed E-state index contributed by atoms with van der Waals surface area (Å²) in [5.74, 6) is 0.161. The normalized spacial score (nSPS) is 11.7. The lowest BCUT2D eigenvalue weighted by Crippen LogP contribution is -2.16. The number of methoxy groups -OCH3 is 1. The molecule has 172 valence electrons. The predicted molar refractivity (Wildman–Crippen MR) is 119 cm³/mol. The fourth-order valence-corrected chi connectivity index (χ4v) is 3.70. The molecule has 8 nitrogen and oxygen atoms in total. The summed E-state index contributed by atoms with van der Waals surface area (Å²) in [7, 11) is 1.60. The maximum absolute atomic E-state index is 13.8. The summed E-state index contributed by atoms with van der Waals surface area (Å²) >= 11 is 5.22. The van der Waals surface area contributed by atoms with Gasteiger partial charge in [0.05, 0.1) is 30.7 Å². The van der Waals surface area contributed by atoms with Crippen molar-refractivity contribution in [3.8, 4) is 5.75 Å². The number of alkyl halides is 3. The van der Waals surface area contributed by atoms with E-state index in [0.717, 1.165) is 27.6 Å². The molecule has 4 rings (SSSR count). The van der Waals surface area contributed by atoms with Gasteiger partial charge in [-0.2, -0.15) is 19.0 Å². The Balaban J connectivity index is 1.62. The van der Waals surface area contributed by atoms with Crippen molar-refractivity contribution in [3.63, 3.8) is 0 Å². The molecule has 1 N–H and O–H groups in total. The summed E-state index contributed by atoms with van der Waals surface area (Å²) < 4.78 is 35.5. The second-order valence-electron chi connectivity index (χ2n) is 7.59. The van der Waals surface area contributed by atoms with Crippen LogP contribution in [-0.4, -0.2) is 37.4 Å². The number of carbonyl (C=O) groups is 1. The van der Waals surface area contributed by atoms with E-state index in [1.165, 1.54) is 6.07 Å². The van der Waals surface area contributed by atoms with Gasteiger partial charge in [0.1, 0.15) is 11.4 Å². The zero-order valence-electron chi connectivity index (χ0n) is 18.4. The monoisotopic (exact) mass is 474 g/mol. The SMILES string of the molecule is COc1cccc(Cn2nc(C)c(NC(=O)c3cc4nc(C)cc(C(F)(F)Cl)n4n3)c2C)c1. The number of halogens is 3. The van der Waals surface area contributed by atoms with Gasteiger partial charge in [0, 0.05) is 11.8 Å². The van der Waals surface area contributed by atoms with E-state index in [0.29, 0.717) is 23.6 Å². The smallest absolute Gasteiger partial charge is 0.364 e. The van der Waals surface area contributed by atoms with E-state index >= 15 is 0 Å². The summed E-state index contributed by atoms with van der Waals surface area (Å²) in [6, 6.07) is 10.1. The third-order valence-corrected chi connectivity index (χ3v) is 5.36. The van der Waals surface area contributed by atoms with Crippen LogP contribution in [0.5, 0.6) is 5.75 Å². The van der Waals surface area contributed by atoms with E-state index in [-0.39, 0.29) is 11.3 Å². The fraction of sp³-hybridized carbons (Fsp3) is 0.273. The minimum Gasteiger partial charge on any atom is -0.497 e. The summed E-state index contributed by atoms with van der Waals surface area (Å²) in [5.41, 5.74) is 2.62. The molecule has 0 fully saturated rings. The van der Waals surface area contributed by atoms with Gasteiger partial charge in [0.25, 0.3) is 5.91 Å². The van der Waals surface area contributed by atoms with Gasteiger partial charge in [-0.1, -0.05) is 12.1 Å². The molecule has 11 heteroatoms. The first-order valence-corrected chi connectivity index (χ1v) is 10.4. The number of hydrogen-bond donors (Lipinski definition) is 1. The van der Waals surface area contributed by atoms with Crippen LogP contribution in [0.3, 0.4) is 0 Å². The van der Waals surface area contributed by atoms with E-state index in [2.05, 4.69) is 20.5 Å². The van der Waals surface area contributed by atoms with Crippen molar-refractivity contribution in [2.45, 2.75) is 32.7 Å². The predicted octanol–water partition coefficient (Wildman–Crippen LogP) is 4.45. The van der Waals surface area contributed by atoms with Crippen molar-refractivity contribution >= 4 is 28.8 Å². The van der Waals surface area contributed by atoms with Gasteiger partial charge >= 0.3 is 5.38 Å². The number of ether oxygens (including phenoxy) is 1. The topological polar surface area (TPSA) is 86.3 Å². The molecule has 0 radical (unpaired) electrons. The Morgan fingerprint density at radius 3 is 2.64 bits per heavy atom. The molecule has 0 bridgehead atoms. The number of carbonyl (C=O) groups excluding carboxylic acids is 1. The molecule has 1 amide bonds. The standard InChI is InChI=1S/C22H21ClF2N6O2/c1-12-8-18(22(23,24)25)31-19(26-12)10-17(29-31)21(32)27-20-13(2)28-30(14(20)3)11-15-6-5-7-16(9-15)33-4/h5-10H,11H2,1-4H3,(H,27,32). The Kier molecular flexibility index (Phi) is 5.79. The van der Waals surface area contributed by atoms with Crippen LogP contribution in [0.4, 0.5) is 14.5 Å². The van der Waals surface area contributed by atoms with Crippen molar-refractivity contribution < 1.29 is 18.3 Å². The number of nitrogens with one attached hydrogen (secondary N) is 1. The Morgan fingerprint density at radius 1 is 1.18 bits per heavy atom. The Hall–Kier alpha value is -3.53. The highest BCUT2D eigenvalue weighted by Crippen LogP contribution is 2.32. The number of benzene rings is 1. The first-order valence-electron chi connectivity index (χ1n) is 9.99. The summed E-state index contributed by atoms with van der Waals surface area (Å²) in [4.78, 5) is 17.1. The molecule has 0 spiro atoms. The maximum atomic E-state index is 13.8. The van der Waals surface area contributed by atoms with Crippen LogP contribution in [0.15, 0.2) is 36.4 Å². The zero-order chi connectivity index (χ0) is 23.9. The molecular weight excluding hydrogens is 454 g/mol. The van der Waals surface area contributed by atoms with Gasteiger partial charge in [-0.15, -0.1) is 0 Å². The van der Waals surface area contributed by atoms with Crippen LogP contribution in [0.2, 0.25) is 0 Å². The van der Waals surface area contributed by atoms with Crippen LogP contribution in [0, 0.1) is 20.8 Å². The molecule has 3 heterocycles. The van der Waals surface area contributed by atoms with Crippen molar-refractivity contribution in [2.24, 2.45) is 0 Å². The van der Waals surface area contributed by atoms with Crippen molar-refractivity contribution in [3.05, 3.63) is 70.4 Å². The number of rotatable bonds is 6. The lowest BCUT2D eigenvalue weighted by atomic mass is 10.2. The second kappa shape index (κ2) is 8.43. The van der Waals surface area contributed by atoms with E-state index < -0.39 is 17.0 Å². The molecule has 0 saturated heterocycles. The second-order valence-corrected chi connectivity index (χ2v) is 8.06. The number of fused-ring (bicyclic) bond motifs is 1. The third kappa shape index (κ3) is 4.51. The molecule has 33 heavy (non-hydrogen) atoms. The molecular formula is C22H21ClF2N6O2. The number of anilines is 1. The highest BCUT2D eigenvalue weighted by Gasteiger charge is 2.33. The minimum atomic E-state index is -3.67. The minimum absolute atomic E-state index is 0.0744. The largest absolute Gasteiger partial charge is 0.497 e. The Morgan fingerprint density at radius 2 is 1.94 bits per heavy atom.